The van der Waals surface area contributed by atoms with Gasteiger partial charge in [0.1, 0.15) is 12.9 Å². The fourth-order valence-electron chi connectivity index (χ4n) is 1.78. The topological polar surface area (TPSA) is 50.2 Å². The Morgan fingerprint density at radius 2 is 2.00 bits per heavy atom. The number of rotatable bonds is 1. The summed E-state index contributed by atoms with van der Waals surface area (Å²) < 4.78 is 0.914. The van der Waals surface area contributed by atoms with Gasteiger partial charge in [0.25, 0.3) is 0 Å². The highest BCUT2D eigenvalue weighted by atomic mass is 32.1. The van der Waals surface area contributed by atoms with Crippen LogP contribution < -0.4 is 5.46 Å². The number of carbonyl (C=O) groups is 1. The first-order valence-electron chi connectivity index (χ1n) is 5.38. The number of carbonyl (C=O) groups excluding carboxylic acids is 1. The number of benzene rings is 1. The van der Waals surface area contributed by atoms with Crippen LogP contribution in [0.5, 0.6) is 0 Å². The van der Waals surface area contributed by atoms with Gasteiger partial charge in [-0.3, -0.25) is 4.79 Å². The molecule has 0 spiro atoms. The summed E-state index contributed by atoms with van der Waals surface area (Å²) in [5.74, 6) is -0.134. The van der Waals surface area contributed by atoms with Crippen LogP contribution in [0.3, 0.4) is 0 Å². The minimum Gasteiger partial charge on any atom is -0.375 e. The Morgan fingerprint density at radius 1 is 1.28 bits per heavy atom. The van der Waals surface area contributed by atoms with E-state index < -0.39 is 5.60 Å². The zero-order valence-electron chi connectivity index (χ0n) is 9.33. The molecule has 0 unspecified atom stereocenters. The number of ketones is 1. The SMILES string of the molecule is [B]c1ccc2nc(C3(O)C=CC(=O)C=C3)sc2c1. The fourth-order valence-corrected chi connectivity index (χ4v) is 2.85. The van der Waals surface area contributed by atoms with E-state index in [-0.39, 0.29) is 5.78 Å². The molecule has 0 aliphatic heterocycles. The number of hydrogen-bond donors (Lipinski definition) is 1. The van der Waals surface area contributed by atoms with E-state index in [2.05, 4.69) is 4.98 Å². The van der Waals surface area contributed by atoms with Crippen molar-refractivity contribution >= 4 is 40.6 Å². The molecular formula is C13H8BNO2S. The first-order chi connectivity index (χ1) is 8.57. The van der Waals surface area contributed by atoms with Gasteiger partial charge in [-0.05, 0) is 36.4 Å². The van der Waals surface area contributed by atoms with Crippen molar-refractivity contribution in [1.29, 1.82) is 0 Å². The third kappa shape index (κ3) is 1.81. The Morgan fingerprint density at radius 3 is 2.72 bits per heavy atom. The summed E-state index contributed by atoms with van der Waals surface area (Å²) >= 11 is 1.36. The lowest BCUT2D eigenvalue weighted by atomic mass is 9.96. The quantitative estimate of drug-likeness (QED) is 0.770. The van der Waals surface area contributed by atoms with Crippen molar-refractivity contribution in [3.63, 3.8) is 0 Å². The minimum atomic E-state index is -1.30. The normalized spacial score (nSPS) is 17.5. The molecule has 1 aliphatic rings. The monoisotopic (exact) mass is 253 g/mol. The second-order valence-corrected chi connectivity index (χ2v) is 5.17. The van der Waals surface area contributed by atoms with Gasteiger partial charge in [0, 0.05) is 0 Å². The zero-order valence-corrected chi connectivity index (χ0v) is 10.1. The third-order valence-corrected chi connectivity index (χ3v) is 3.92. The highest BCUT2D eigenvalue weighted by molar-refractivity contribution is 7.18. The van der Waals surface area contributed by atoms with Crippen molar-refractivity contribution in [2.75, 3.05) is 0 Å². The molecule has 0 saturated heterocycles. The summed E-state index contributed by atoms with van der Waals surface area (Å²) in [6.07, 6.45) is 5.60. The molecule has 18 heavy (non-hydrogen) atoms. The molecular weight excluding hydrogens is 245 g/mol. The number of hydrogen-bond acceptors (Lipinski definition) is 4. The molecule has 1 aliphatic carbocycles. The molecule has 1 heterocycles. The standard InChI is InChI=1S/C13H8BNO2S/c14-8-1-2-10-11(7-8)18-12(15-10)13(17)5-3-9(16)4-6-13/h1-7,17H. The van der Waals surface area contributed by atoms with E-state index in [9.17, 15) is 9.90 Å². The van der Waals surface area contributed by atoms with Crippen molar-refractivity contribution in [2.24, 2.45) is 0 Å². The molecule has 5 heteroatoms. The van der Waals surface area contributed by atoms with Gasteiger partial charge in [0.2, 0.25) is 0 Å². The van der Waals surface area contributed by atoms with Gasteiger partial charge in [-0.2, -0.15) is 0 Å². The summed E-state index contributed by atoms with van der Waals surface area (Å²) in [6.45, 7) is 0. The number of fused-ring (bicyclic) bond motifs is 1. The van der Waals surface area contributed by atoms with Crippen molar-refractivity contribution in [3.05, 3.63) is 47.5 Å². The predicted molar refractivity (Wildman–Crippen MR) is 72.2 cm³/mol. The van der Waals surface area contributed by atoms with Gasteiger partial charge in [-0.15, -0.1) is 11.3 Å². The van der Waals surface area contributed by atoms with Crippen molar-refractivity contribution in [2.45, 2.75) is 5.60 Å². The Kier molecular flexibility index (Phi) is 2.46. The number of thiazole rings is 1. The maximum Gasteiger partial charge on any atom is 0.178 e. The van der Waals surface area contributed by atoms with E-state index in [1.807, 2.05) is 12.1 Å². The van der Waals surface area contributed by atoms with Gasteiger partial charge in [0.05, 0.1) is 10.2 Å². The van der Waals surface area contributed by atoms with Crippen LogP contribution in [0.4, 0.5) is 0 Å². The predicted octanol–water partition coefficient (Wildman–Crippen LogP) is 0.973. The van der Waals surface area contributed by atoms with Crippen LogP contribution in [-0.4, -0.2) is 23.7 Å². The van der Waals surface area contributed by atoms with E-state index in [0.717, 1.165) is 10.2 Å². The highest BCUT2D eigenvalue weighted by Crippen LogP contribution is 2.33. The molecule has 0 atom stereocenters. The molecule has 2 radical (unpaired) electrons. The number of nitrogens with zero attached hydrogens (tertiary/aromatic N) is 1. The van der Waals surface area contributed by atoms with E-state index in [1.165, 1.54) is 35.6 Å². The van der Waals surface area contributed by atoms with Crippen molar-refractivity contribution in [1.82, 2.24) is 4.98 Å². The molecule has 0 saturated carbocycles. The lowest BCUT2D eigenvalue weighted by molar-refractivity contribution is -0.110. The fraction of sp³-hybridized carbons (Fsp3) is 0.0769. The molecule has 1 aromatic carbocycles. The molecule has 0 fully saturated rings. The number of aliphatic hydroxyl groups is 1. The zero-order chi connectivity index (χ0) is 12.8. The second kappa shape index (κ2) is 3.90. The lowest BCUT2D eigenvalue weighted by Gasteiger charge is -2.19. The largest absolute Gasteiger partial charge is 0.375 e. The smallest absolute Gasteiger partial charge is 0.178 e. The van der Waals surface area contributed by atoms with Gasteiger partial charge in [-0.25, -0.2) is 4.98 Å². The van der Waals surface area contributed by atoms with Gasteiger partial charge < -0.3 is 5.11 Å². The molecule has 3 rings (SSSR count). The average Bonchev–Trinajstić information content (AvgIpc) is 2.77. The van der Waals surface area contributed by atoms with Crippen LogP contribution in [-0.2, 0) is 10.4 Å². The van der Waals surface area contributed by atoms with Crippen LogP contribution >= 0.6 is 11.3 Å². The van der Waals surface area contributed by atoms with E-state index >= 15 is 0 Å². The number of aromatic nitrogens is 1. The third-order valence-electron chi connectivity index (χ3n) is 2.76. The molecule has 2 aromatic rings. The highest BCUT2D eigenvalue weighted by Gasteiger charge is 2.29. The van der Waals surface area contributed by atoms with Crippen LogP contribution in [0, 0.1) is 0 Å². The Hall–Kier alpha value is -1.72. The molecule has 0 bridgehead atoms. The Bertz CT molecular complexity index is 686. The summed E-state index contributed by atoms with van der Waals surface area (Å²) in [7, 11) is 5.71. The summed E-state index contributed by atoms with van der Waals surface area (Å²) in [5.41, 5.74) is 0.151. The number of allylic oxidation sites excluding steroid dienone is 2. The summed E-state index contributed by atoms with van der Waals surface area (Å²) in [5, 5.41) is 11.0. The van der Waals surface area contributed by atoms with Gasteiger partial charge in [0.15, 0.2) is 11.4 Å². The lowest BCUT2D eigenvalue weighted by Crippen LogP contribution is -2.22. The van der Waals surface area contributed by atoms with Gasteiger partial charge >= 0.3 is 0 Å². The van der Waals surface area contributed by atoms with Crippen LogP contribution in [0.15, 0.2) is 42.5 Å². The second-order valence-electron chi connectivity index (χ2n) is 4.14. The van der Waals surface area contributed by atoms with Gasteiger partial charge in [-0.1, -0.05) is 11.5 Å². The van der Waals surface area contributed by atoms with Crippen molar-refractivity contribution < 1.29 is 9.90 Å². The summed E-state index contributed by atoms with van der Waals surface area (Å²) in [4.78, 5) is 15.5. The molecule has 0 amide bonds. The van der Waals surface area contributed by atoms with Crippen LogP contribution in [0.2, 0.25) is 0 Å². The molecule has 3 nitrogen and oxygen atoms in total. The minimum absolute atomic E-state index is 0.134. The van der Waals surface area contributed by atoms with E-state index in [1.54, 1.807) is 6.07 Å². The first-order valence-corrected chi connectivity index (χ1v) is 6.20. The molecule has 86 valence electrons. The van der Waals surface area contributed by atoms with E-state index in [0.29, 0.717) is 10.5 Å². The summed E-state index contributed by atoms with van der Waals surface area (Å²) in [6, 6.07) is 5.41. The molecule has 1 aromatic heterocycles. The molecule has 1 N–H and O–H groups in total. The van der Waals surface area contributed by atoms with E-state index in [4.69, 9.17) is 7.85 Å². The van der Waals surface area contributed by atoms with Crippen LogP contribution in [0.25, 0.3) is 10.2 Å². The van der Waals surface area contributed by atoms with Crippen LogP contribution in [0.1, 0.15) is 5.01 Å². The maximum absolute atomic E-state index is 11.1. The average molecular weight is 253 g/mol. The van der Waals surface area contributed by atoms with Crippen molar-refractivity contribution in [3.8, 4) is 0 Å². The Balaban J connectivity index is 2.12. The Labute approximate surface area is 109 Å². The maximum atomic E-state index is 11.1. The first kappa shape index (κ1) is 11.4.